The summed E-state index contributed by atoms with van der Waals surface area (Å²) in [6, 6.07) is 1.91. The first kappa shape index (κ1) is 10.2. The molecular weight excluding hydrogens is 192 g/mol. The van der Waals surface area contributed by atoms with Crippen LogP contribution in [-0.2, 0) is 4.79 Å². The van der Waals surface area contributed by atoms with Crippen molar-refractivity contribution in [3.05, 3.63) is 18.0 Å². The fourth-order valence-electron chi connectivity index (χ4n) is 1.61. The van der Waals surface area contributed by atoms with Gasteiger partial charge in [0.05, 0.1) is 17.7 Å². The van der Waals surface area contributed by atoms with Crippen LogP contribution in [0, 0.1) is 5.92 Å². The summed E-state index contributed by atoms with van der Waals surface area (Å²) in [5, 5.41) is 13.3. The first-order valence-corrected chi connectivity index (χ1v) is 5.37. The summed E-state index contributed by atoms with van der Waals surface area (Å²) in [7, 11) is 0. The SMILES string of the molecule is CC(C(=O)O)C(C)n1ccc(C2CC2)n1. The number of nitrogens with zero attached hydrogens (tertiary/aromatic N) is 2. The van der Waals surface area contributed by atoms with Crippen molar-refractivity contribution in [2.75, 3.05) is 0 Å². The van der Waals surface area contributed by atoms with E-state index in [1.807, 2.05) is 19.2 Å². The maximum atomic E-state index is 10.8. The molecule has 0 aliphatic heterocycles. The number of carbonyl (C=O) groups is 1. The molecule has 0 saturated heterocycles. The molecule has 1 aromatic heterocycles. The summed E-state index contributed by atoms with van der Waals surface area (Å²) in [4.78, 5) is 10.8. The standard InChI is InChI=1S/C11H16N2O2/c1-7(11(14)15)8(2)13-6-5-10(12-13)9-3-4-9/h5-9H,3-4H2,1-2H3,(H,14,15). The second-order valence-electron chi connectivity index (χ2n) is 4.36. The first-order chi connectivity index (χ1) is 7.09. The normalized spacial score (nSPS) is 19.9. The first-order valence-electron chi connectivity index (χ1n) is 5.37. The Morgan fingerprint density at radius 1 is 1.60 bits per heavy atom. The van der Waals surface area contributed by atoms with E-state index < -0.39 is 11.9 Å². The van der Waals surface area contributed by atoms with Crippen LogP contribution in [0.4, 0.5) is 0 Å². The Hall–Kier alpha value is -1.32. The van der Waals surface area contributed by atoms with Gasteiger partial charge in [0.2, 0.25) is 0 Å². The molecule has 82 valence electrons. The van der Waals surface area contributed by atoms with Gasteiger partial charge in [-0.15, -0.1) is 0 Å². The number of hydrogen-bond acceptors (Lipinski definition) is 2. The van der Waals surface area contributed by atoms with Crippen molar-refractivity contribution in [1.82, 2.24) is 9.78 Å². The van der Waals surface area contributed by atoms with Crippen molar-refractivity contribution in [1.29, 1.82) is 0 Å². The molecule has 1 aliphatic carbocycles. The fourth-order valence-corrected chi connectivity index (χ4v) is 1.61. The summed E-state index contributed by atoms with van der Waals surface area (Å²) in [6.07, 6.45) is 4.33. The van der Waals surface area contributed by atoms with Crippen LogP contribution in [0.2, 0.25) is 0 Å². The zero-order chi connectivity index (χ0) is 11.0. The molecule has 0 radical (unpaired) electrons. The molecule has 0 bridgehead atoms. The van der Waals surface area contributed by atoms with Crippen molar-refractivity contribution in [3.8, 4) is 0 Å². The van der Waals surface area contributed by atoms with Gasteiger partial charge in [0, 0.05) is 12.1 Å². The molecule has 1 saturated carbocycles. The average molecular weight is 208 g/mol. The van der Waals surface area contributed by atoms with Crippen LogP contribution in [0.25, 0.3) is 0 Å². The Morgan fingerprint density at radius 2 is 2.27 bits per heavy atom. The molecule has 0 aromatic carbocycles. The highest BCUT2D eigenvalue weighted by atomic mass is 16.4. The van der Waals surface area contributed by atoms with Crippen LogP contribution in [0.5, 0.6) is 0 Å². The van der Waals surface area contributed by atoms with Gasteiger partial charge in [-0.1, -0.05) is 0 Å². The van der Waals surface area contributed by atoms with Crippen molar-refractivity contribution in [2.24, 2.45) is 5.92 Å². The van der Waals surface area contributed by atoms with E-state index in [2.05, 4.69) is 5.10 Å². The fraction of sp³-hybridized carbons (Fsp3) is 0.636. The molecule has 1 aromatic rings. The van der Waals surface area contributed by atoms with E-state index in [1.165, 1.54) is 12.8 Å². The number of rotatable bonds is 4. The van der Waals surface area contributed by atoms with E-state index in [0.717, 1.165) is 5.69 Å². The van der Waals surface area contributed by atoms with E-state index >= 15 is 0 Å². The lowest BCUT2D eigenvalue weighted by molar-refractivity contribution is -0.142. The Kier molecular flexibility index (Phi) is 2.50. The zero-order valence-electron chi connectivity index (χ0n) is 9.05. The molecule has 1 fully saturated rings. The number of hydrogen-bond donors (Lipinski definition) is 1. The number of carboxylic acids is 1. The van der Waals surface area contributed by atoms with Crippen LogP contribution in [0.15, 0.2) is 12.3 Å². The van der Waals surface area contributed by atoms with Gasteiger partial charge in [0.15, 0.2) is 0 Å². The molecule has 15 heavy (non-hydrogen) atoms. The summed E-state index contributed by atoms with van der Waals surface area (Å²) >= 11 is 0. The van der Waals surface area contributed by atoms with Crippen LogP contribution in [-0.4, -0.2) is 20.9 Å². The molecule has 1 heterocycles. The highest BCUT2D eigenvalue weighted by molar-refractivity contribution is 5.70. The van der Waals surface area contributed by atoms with Crippen LogP contribution < -0.4 is 0 Å². The molecule has 1 N–H and O–H groups in total. The van der Waals surface area contributed by atoms with Gasteiger partial charge in [0.25, 0.3) is 0 Å². The van der Waals surface area contributed by atoms with E-state index in [-0.39, 0.29) is 6.04 Å². The number of aliphatic carboxylic acids is 1. The zero-order valence-corrected chi connectivity index (χ0v) is 9.05. The minimum Gasteiger partial charge on any atom is -0.481 e. The maximum Gasteiger partial charge on any atom is 0.308 e. The lowest BCUT2D eigenvalue weighted by Gasteiger charge is -2.16. The molecular formula is C11H16N2O2. The van der Waals surface area contributed by atoms with Gasteiger partial charge in [0.1, 0.15) is 0 Å². The van der Waals surface area contributed by atoms with Crippen molar-refractivity contribution < 1.29 is 9.90 Å². The molecule has 0 amide bonds. The molecule has 4 heteroatoms. The third kappa shape index (κ3) is 2.03. The lowest BCUT2D eigenvalue weighted by Crippen LogP contribution is -2.22. The quantitative estimate of drug-likeness (QED) is 0.823. The van der Waals surface area contributed by atoms with Crippen molar-refractivity contribution >= 4 is 5.97 Å². The predicted molar refractivity (Wildman–Crippen MR) is 55.7 cm³/mol. The number of carboxylic acid groups (broad SMARTS) is 1. The highest BCUT2D eigenvalue weighted by Crippen LogP contribution is 2.39. The Bertz CT molecular complexity index is 368. The van der Waals surface area contributed by atoms with Crippen molar-refractivity contribution in [3.63, 3.8) is 0 Å². The monoisotopic (exact) mass is 208 g/mol. The van der Waals surface area contributed by atoms with E-state index in [9.17, 15) is 4.79 Å². The smallest absolute Gasteiger partial charge is 0.308 e. The lowest BCUT2D eigenvalue weighted by atomic mass is 10.1. The van der Waals surface area contributed by atoms with Crippen LogP contribution >= 0.6 is 0 Å². The summed E-state index contributed by atoms with van der Waals surface area (Å²) in [6.45, 7) is 3.61. The Labute approximate surface area is 88.9 Å². The third-order valence-electron chi connectivity index (χ3n) is 3.16. The molecule has 2 unspecified atom stereocenters. The van der Waals surface area contributed by atoms with E-state index in [4.69, 9.17) is 5.11 Å². The average Bonchev–Trinajstić information content (AvgIpc) is 2.94. The van der Waals surface area contributed by atoms with Crippen LogP contribution in [0.1, 0.15) is 44.3 Å². The highest BCUT2D eigenvalue weighted by Gasteiger charge is 2.27. The second-order valence-corrected chi connectivity index (χ2v) is 4.36. The maximum absolute atomic E-state index is 10.8. The van der Waals surface area contributed by atoms with E-state index in [0.29, 0.717) is 5.92 Å². The molecule has 2 atom stereocenters. The third-order valence-corrected chi connectivity index (χ3v) is 3.16. The van der Waals surface area contributed by atoms with Gasteiger partial charge in [-0.05, 0) is 32.8 Å². The molecule has 0 spiro atoms. The topological polar surface area (TPSA) is 55.1 Å². The largest absolute Gasteiger partial charge is 0.481 e. The second kappa shape index (κ2) is 3.68. The molecule has 2 rings (SSSR count). The minimum atomic E-state index is -0.772. The predicted octanol–water partition coefficient (Wildman–Crippen LogP) is 2.04. The van der Waals surface area contributed by atoms with Crippen LogP contribution in [0.3, 0.4) is 0 Å². The summed E-state index contributed by atoms with van der Waals surface area (Å²) in [5.41, 5.74) is 1.11. The van der Waals surface area contributed by atoms with E-state index in [1.54, 1.807) is 11.6 Å². The van der Waals surface area contributed by atoms with Gasteiger partial charge in [-0.3, -0.25) is 9.48 Å². The minimum absolute atomic E-state index is 0.0880. The van der Waals surface area contributed by atoms with Gasteiger partial charge in [-0.25, -0.2) is 0 Å². The Morgan fingerprint density at radius 3 is 2.80 bits per heavy atom. The van der Waals surface area contributed by atoms with Gasteiger partial charge in [-0.2, -0.15) is 5.10 Å². The Balaban J connectivity index is 2.10. The van der Waals surface area contributed by atoms with Gasteiger partial charge >= 0.3 is 5.97 Å². The molecule has 4 nitrogen and oxygen atoms in total. The van der Waals surface area contributed by atoms with Gasteiger partial charge < -0.3 is 5.11 Å². The number of aromatic nitrogens is 2. The van der Waals surface area contributed by atoms with Crippen molar-refractivity contribution in [2.45, 2.75) is 38.6 Å². The molecule has 1 aliphatic rings. The summed E-state index contributed by atoms with van der Waals surface area (Å²) < 4.78 is 1.77. The summed E-state index contributed by atoms with van der Waals surface area (Å²) in [5.74, 6) is -0.554.